The Morgan fingerprint density at radius 1 is 1.27 bits per heavy atom. The first-order chi connectivity index (χ1) is 10.5. The molecule has 2 aromatic rings. The highest BCUT2D eigenvalue weighted by Gasteiger charge is 2.21. The van der Waals surface area contributed by atoms with Gasteiger partial charge in [-0.25, -0.2) is 4.98 Å². The molecule has 1 N–H and O–H groups in total. The predicted molar refractivity (Wildman–Crippen MR) is 80.5 cm³/mol. The summed E-state index contributed by atoms with van der Waals surface area (Å²) in [6.07, 6.45) is 0.435. The van der Waals surface area contributed by atoms with Gasteiger partial charge in [-0.05, 0) is 25.5 Å². The van der Waals surface area contributed by atoms with E-state index in [9.17, 15) is 9.59 Å². The first-order valence-electron chi connectivity index (χ1n) is 6.99. The van der Waals surface area contributed by atoms with Crippen molar-refractivity contribution in [2.24, 2.45) is 0 Å². The second-order valence-corrected chi connectivity index (χ2v) is 5.01. The zero-order valence-electron chi connectivity index (χ0n) is 12.6. The summed E-state index contributed by atoms with van der Waals surface area (Å²) in [4.78, 5) is 28.6. The SMILES string of the molecule is Cc1oc(-c2ccccc2)nc1C(=O)N(C)CCCC(=O)O. The quantitative estimate of drug-likeness (QED) is 0.886. The van der Waals surface area contributed by atoms with Crippen molar-refractivity contribution in [1.29, 1.82) is 0 Å². The summed E-state index contributed by atoms with van der Waals surface area (Å²) >= 11 is 0. The Labute approximate surface area is 128 Å². The number of rotatable bonds is 6. The van der Waals surface area contributed by atoms with Gasteiger partial charge < -0.3 is 14.4 Å². The van der Waals surface area contributed by atoms with Crippen molar-refractivity contribution in [3.05, 3.63) is 41.8 Å². The number of hydrogen-bond donors (Lipinski definition) is 1. The van der Waals surface area contributed by atoms with Crippen LogP contribution in [-0.2, 0) is 4.79 Å². The molecule has 1 amide bonds. The minimum absolute atomic E-state index is 0.0324. The summed E-state index contributed by atoms with van der Waals surface area (Å²) in [5.41, 5.74) is 1.06. The van der Waals surface area contributed by atoms with Gasteiger partial charge in [-0.15, -0.1) is 0 Å². The highest BCUT2D eigenvalue weighted by Crippen LogP contribution is 2.22. The zero-order chi connectivity index (χ0) is 16.1. The van der Waals surface area contributed by atoms with Crippen LogP contribution in [0.15, 0.2) is 34.7 Å². The highest BCUT2D eigenvalue weighted by molar-refractivity contribution is 5.93. The molecule has 1 aromatic heterocycles. The summed E-state index contributed by atoms with van der Waals surface area (Å²) in [5, 5.41) is 8.62. The van der Waals surface area contributed by atoms with Crippen LogP contribution in [0.25, 0.3) is 11.5 Å². The lowest BCUT2D eigenvalue weighted by Gasteiger charge is -2.15. The topological polar surface area (TPSA) is 83.6 Å². The third kappa shape index (κ3) is 3.72. The van der Waals surface area contributed by atoms with Gasteiger partial charge in [-0.1, -0.05) is 18.2 Å². The minimum atomic E-state index is -0.871. The second kappa shape index (κ2) is 6.89. The van der Waals surface area contributed by atoms with Crippen LogP contribution < -0.4 is 0 Å². The lowest BCUT2D eigenvalue weighted by atomic mass is 10.2. The molecule has 0 aliphatic rings. The van der Waals surface area contributed by atoms with Gasteiger partial charge in [0.1, 0.15) is 5.76 Å². The van der Waals surface area contributed by atoms with Gasteiger partial charge in [-0.3, -0.25) is 9.59 Å². The monoisotopic (exact) mass is 302 g/mol. The highest BCUT2D eigenvalue weighted by atomic mass is 16.4. The van der Waals surface area contributed by atoms with Gasteiger partial charge in [0, 0.05) is 25.6 Å². The summed E-state index contributed by atoms with van der Waals surface area (Å²) in [6, 6.07) is 9.34. The lowest BCUT2D eigenvalue weighted by Crippen LogP contribution is -2.28. The van der Waals surface area contributed by atoms with E-state index in [0.717, 1.165) is 5.56 Å². The van der Waals surface area contributed by atoms with Gasteiger partial charge in [0.05, 0.1) is 0 Å². The number of benzene rings is 1. The van der Waals surface area contributed by atoms with Crippen LogP contribution in [0.5, 0.6) is 0 Å². The molecule has 0 radical (unpaired) electrons. The fraction of sp³-hybridized carbons (Fsp3) is 0.312. The van der Waals surface area contributed by atoms with E-state index in [-0.39, 0.29) is 18.0 Å². The molecule has 0 atom stereocenters. The van der Waals surface area contributed by atoms with Gasteiger partial charge in [0.2, 0.25) is 5.89 Å². The number of aryl methyl sites for hydroxylation is 1. The van der Waals surface area contributed by atoms with Crippen molar-refractivity contribution >= 4 is 11.9 Å². The van der Waals surface area contributed by atoms with E-state index in [1.165, 1.54) is 4.90 Å². The predicted octanol–water partition coefficient (Wildman–Crippen LogP) is 2.59. The Bertz CT molecular complexity index is 664. The molecular formula is C16H18N2O4. The maximum absolute atomic E-state index is 12.3. The molecule has 1 aromatic carbocycles. The molecule has 0 aliphatic carbocycles. The number of aromatic nitrogens is 1. The molecule has 2 rings (SSSR count). The third-order valence-corrected chi connectivity index (χ3v) is 3.25. The van der Waals surface area contributed by atoms with Crippen molar-refractivity contribution < 1.29 is 19.1 Å². The fourth-order valence-corrected chi connectivity index (χ4v) is 2.05. The minimum Gasteiger partial charge on any atom is -0.481 e. The molecule has 0 fully saturated rings. The zero-order valence-corrected chi connectivity index (χ0v) is 12.6. The molecule has 0 spiro atoms. The number of hydrogen-bond acceptors (Lipinski definition) is 4. The largest absolute Gasteiger partial charge is 0.481 e. The number of carbonyl (C=O) groups is 2. The van der Waals surface area contributed by atoms with Crippen LogP contribution in [0.1, 0.15) is 29.1 Å². The van der Waals surface area contributed by atoms with Crippen LogP contribution in [0, 0.1) is 6.92 Å². The van der Waals surface area contributed by atoms with E-state index in [2.05, 4.69) is 4.98 Å². The molecule has 0 saturated carbocycles. The number of carboxylic acids is 1. The molecule has 0 saturated heterocycles. The molecule has 0 bridgehead atoms. The van der Waals surface area contributed by atoms with Crippen molar-refractivity contribution in [3.63, 3.8) is 0 Å². The fourth-order valence-electron chi connectivity index (χ4n) is 2.05. The number of carbonyl (C=O) groups excluding carboxylic acids is 1. The standard InChI is InChI=1S/C16H18N2O4/c1-11-14(16(21)18(2)10-6-9-13(19)20)17-15(22-11)12-7-4-3-5-8-12/h3-5,7-8H,6,9-10H2,1-2H3,(H,19,20). The maximum Gasteiger partial charge on any atom is 0.303 e. The number of nitrogens with zero attached hydrogens (tertiary/aromatic N) is 2. The molecule has 1 heterocycles. The van der Waals surface area contributed by atoms with Crippen molar-refractivity contribution in [2.45, 2.75) is 19.8 Å². The Balaban J connectivity index is 2.10. The Morgan fingerprint density at radius 3 is 2.59 bits per heavy atom. The first-order valence-corrected chi connectivity index (χ1v) is 6.99. The van der Waals surface area contributed by atoms with E-state index >= 15 is 0 Å². The average molecular weight is 302 g/mol. The Kier molecular flexibility index (Phi) is 4.93. The van der Waals surface area contributed by atoms with Crippen molar-refractivity contribution in [1.82, 2.24) is 9.88 Å². The molecule has 6 heteroatoms. The average Bonchev–Trinajstić information content (AvgIpc) is 2.89. The van der Waals surface area contributed by atoms with Gasteiger partial charge >= 0.3 is 5.97 Å². The van der Waals surface area contributed by atoms with E-state index in [1.807, 2.05) is 30.3 Å². The smallest absolute Gasteiger partial charge is 0.303 e. The van der Waals surface area contributed by atoms with E-state index in [4.69, 9.17) is 9.52 Å². The third-order valence-electron chi connectivity index (χ3n) is 3.25. The lowest BCUT2D eigenvalue weighted by molar-refractivity contribution is -0.137. The Hall–Kier alpha value is -2.63. The van der Waals surface area contributed by atoms with Gasteiger partial charge in [0.25, 0.3) is 5.91 Å². The molecule has 0 unspecified atom stereocenters. The summed E-state index contributed by atoms with van der Waals surface area (Å²) in [5.74, 6) is -0.284. The first kappa shape index (κ1) is 15.8. The van der Waals surface area contributed by atoms with E-state index in [0.29, 0.717) is 24.6 Å². The number of amides is 1. The van der Waals surface area contributed by atoms with Crippen LogP contribution in [0.3, 0.4) is 0 Å². The normalized spacial score (nSPS) is 10.5. The summed E-state index contributed by atoms with van der Waals surface area (Å²) in [6.45, 7) is 2.05. The van der Waals surface area contributed by atoms with Gasteiger partial charge in [0.15, 0.2) is 5.69 Å². The molecule has 22 heavy (non-hydrogen) atoms. The van der Waals surface area contributed by atoms with Crippen LogP contribution in [0.4, 0.5) is 0 Å². The summed E-state index contributed by atoms with van der Waals surface area (Å²) in [7, 11) is 1.63. The van der Waals surface area contributed by atoms with E-state index in [1.54, 1.807) is 14.0 Å². The van der Waals surface area contributed by atoms with Crippen molar-refractivity contribution in [3.8, 4) is 11.5 Å². The molecule has 0 aliphatic heterocycles. The Morgan fingerprint density at radius 2 is 1.95 bits per heavy atom. The number of carboxylic acid groups (broad SMARTS) is 1. The molecule has 6 nitrogen and oxygen atoms in total. The van der Waals surface area contributed by atoms with Crippen LogP contribution >= 0.6 is 0 Å². The van der Waals surface area contributed by atoms with Crippen LogP contribution in [0.2, 0.25) is 0 Å². The molecule has 116 valence electrons. The second-order valence-electron chi connectivity index (χ2n) is 5.01. The number of oxazole rings is 1. The number of aliphatic carboxylic acids is 1. The maximum atomic E-state index is 12.3. The van der Waals surface area contributed by atoms with Crippen LogP contribution in [-0.4, -0.2) is 40.5 Å². The van der Waals surface area contributed by atoms with Gasteiger partial charge in [-0.2, -0.15) is 0 Å². The molecular weight excluding hydrogens is 284 g/mol. The van der Waals surface area contributed by atoms with Crippen molar-refractivity contribution in [2.75, 3.05) is 13.6 Å². The van der Waals surface area contributed by atoms with E-state index < -0.39 is 5.97 Å². The summed E-state index contributed by atoms with van der Waals surface area (Å²) < 4.78 is 5.56.